The number of carbonyl (C=O) groups is 3. The maximum Gasteiger partial charge on any atom is 0.306 e. The first-order chi connectivity index (χ1) is 31.1. The fourth-order valence-electron chi connectivity index (χ4n) is 8.00. The lowest BCUT2D eigenvalue weighted by Crippen LogP contribution is -2.44. The maximum absolute atomic E-state index is 12.8. The molecule has 0 aliphatic heterocycles. The largest absolute Gasteiger partial charge is 0.545 e. The number of aliphatic carboxylic acids is 1. The molecule has 9 nitrogen and oxygen atoms in total. The Balaban J connectivity index is 4.10. The molecule has 0 spiro atoms. The predicted molar refractivity (Wildman–Crippen MR) is 265 cm³/mol. The summed E-state index contributed by atoms with van der Waals surface area (Å²) in [6.45, 7) is 4.75. The Bertz CT molecular complexity index is 1060. The molecule has 0 aromatic carbocycles. The topological polar surface area (TPSA) is 111 Å². The Morgan fingerprint density at radius 3 is 1.19 bits per heavy atom. The van der Waals surface area contributed by atoms with Gasteiger partial charge in [-0.15, -0.1) is 0 Å². The molecule has 0 fully saturated rings. The third kappa shape index (κ3) is 48.0. The minimum absolute atomic E-state index is 0.149. The van der Waals surface area contributed by atoms with Crippen LogP contribution in [-0.2, 0) is 33.3 Å². The first-order valence-electron chi connectivity index (χ1n) is 27.3. The van der Waals surface area contributed by atoms with Crippen molar-refractivity contribution in [3.05, 3.63) is 12.2 Å². The average Bonchev–Trinajstić information content (AvgIpc) is 3.26. The van der Waals surface area contributed by atoms with Crippen molar-refractivity contribution in [1.29, 1.82) is 0 Å². The Morgan fingerprint density at radius 1 is 0.453 bits per heavy atom. The van der Waals surface area contributed by atoms with Crippen molar-refractivity contribution in [3.63, 3.8) is 0 Å². The molecule has 0 aromatic heterocycles. The van der Waals surface area contributed by atoms with Gasteiger partial charge in [0, 0.05) is 12.8 Å². The fourth-order valence-corrected chi connectivity index (χ4v) is 8.00. The molecule has 0 aliphatic carbocycles. The van der Waals surface area contributed by atoms with E-state index in [1.54, 1.807) is 0 Å². The summed E-state index contributed by atoms with van der Waals surface area (Å²) in [6, 6.07) is 0. The second-order valence-electron chi connectivity index (χ2n) is 19.9. The molecule has 0 bridgehead atoms. The molecule has 0 saturated heterocycles. The number of carboxylic acids is 1. The zero-order valence-corrected chi connectivity index (χ0v) is 42.9. The zero-order valence-electron chi connectivity index (χ0n) is 42.9. The summed E-state index contributed by atoms with van der Waals surface area (Å²) >= 11 is 0. The summed E-state index contributed by atoms with van der Waals surface area (Å²) in [7, 11) is 5.92. The second-order valence-corrected chi connectivity index (χ2v) is 19.9. The number of nitrogens with zero attached hydrogens (tertiary/aromatic N) is 1. The second kappa shape index (κ2) is 47.5. The van der Waals surface area contributed by atoms with E-state index >= 15 is 0 Å². The maximum atomic E-state index is 12.8. The number of esters is 2. The summed E-state index contributed by atoms with van der Waals surface area (Å²) in [5.74, 6) is -2.28. The van der Waals surface area contributed by atoms with E-state index in [-0.39, 0.29) is 32.2 Å². The molecule has 0 heterocycles. The Kier molecular flexibility index (Phi) is 46.1. The van der Waals surface area contributed by atoms with Crippen LogP contribution in [0.3, 0.4) is 0 Å². The number of quaternary nitrogens is 1. The molecular weight excluding hydrogens is 803 g/mol. The smallest absolute Gasteiger partial charge is 0.306 e. The van der Waals surface area contributed by atoms with Gasteiger partial charge in [-0.1, -0.05) is 225 Å². The molecule has 0 radical (unpaired) electrons. The van der Waals surface area contributed by atoms with Crippen molar-refractivity contribution < 1.29 is 42.9 Å². The molecule has 9 heteroatoms. The van der Waals surface area contributed by atoms with Crippen LogP contribution < -0.4 is 5.11 Å². The van der Waals surface area contributed by atoms with Crippen LogP contribution in [0.1, 0.15) is 264 Å². The number of hydrogen-bond donors (Lipinski definition) is 0. The van der Waals surface area contributed by atoms with Gasteiger partial charge in [-0.25, -0.2) is 0 Å². The monoisotopic (exact) mass is 908 g/mol. The number of carboxylic acid groups (broad SMARTS) is 1. The van der Waals surface area contributed by atoms with Crippen LogP contribution in [0.2, 0.25) is 0 Å². The van der Waals surface area contributed by atoms with E-state index in [0.29, 0.717) is 23.9 Å². The summed E-state index contributed by atoms with van der Waals surface area (Å²) in [4.78, 5) is 37.1. The van der Waals surface area contributed by atoms with Gasteiger partial charge in [0.25, 0.3) is 0 Å². The molecule has 378 valence electrons. The SMILES string of the molecule is CCCCC/C=C\CCCCCCCC(=O)OC(COC(=O)CCCCCCCCCCCCCCCCCCCCCCCCCCCCC)COC(OCC[N+](C)(C)C)C(=O)[O-]. The van der Waals surface area contributed by atoms with E-state index in [1.165, 1.54) is 180 Å². The number of carbonyl (C=O) groups excluding carboxylic acids is 3. The van der Waals surface area contributed by atoms with Crippen molar-refractivity contribution in [1.82, 2.24) is 0 Å². The van der Waals surface area contributed by atoms with Gasteiger partial charge in [0.1, 0.15) is 13.2 Å². The summed E-state index contributed by atoms with van der Waals surface area (Å²) in [6.07, 6.45) is 49.9. The molecule has 2 atom stereocenters. The summed E-state index contributed by atoms with van der Waals surface area (Å²) in [5, 5.41) is 11.7. The first kappa shape index (κ1) is 62.0. The number of rotatable bonds is 51. The molecule has 2 unspecified atom stereocenters. The predicted octanol–water partition coefficient (Wildman–Crippen LogP) is 14.1. The van der Waals surface area contributed by atoms with Crippen LogP contribution in [0, 0.1) is 0 Å². The van der Waals surface area contributed by atoms with Crippen LogP contribution >= 0.6 is 0 Å². The molecule has 0 aliphatic rings. The van der Waals surface area contributed by atoms with Crippen molar-refractivity contribution in [2.45, 2.75) is 277 Å². The van der Waals surface area contributed by atoms with Gasteiger partial charge in [-0.2, -0.15) is 0 Å². The lowest BCUT2D eigenvalue weighted by atomic mass is 10.0. The number of hydrogen-bond acceptors (Lipinski definition) is 8. The van der Waals surface area contributed by atoms with Crippen molar-refractivity contribution >= 4 is 17.9 Å². The molecule has 0 N–H and O–H groups in total. The van der Waals surface area contributed by atoms with Gasteiger partial charge >= 0.3 is 11.9 Å². The highest BCUT2D eigenvalue weighted by molar-refractivity contribution is 5.70. The summed E-state index contributed by atoms with van der Waals surface area (Å²) < 4.78 is 22.6. The molecule has 0 saturated carbocycles. The van der Waals surface area contributed by atoms with Crippen LogP contribution in [-0.4, -0.2) is 82.3 Å². The van der Waals surface area contributed by atoms with E-state index in [1.807, 2.05) is 21.1 Å². The van der Waals surface area contributed by atoms with E-state index in [4.69, 9.17) is 18.9 Å². The van der Waals surface area contributed by atoms with Gasteiger partial charge in [0.15, 0.2) is 12.4 Å². The third-order valence-electron chi connectivity index (χ3n) is 12.3. The number of likely N-dealkylation sites (N-methyl/N-ethyl adjacent to an activating group) is 1. The molecule has 64 heavy (non-hydrogen) atoms. The minimum atomic E-state index is -1.62. The number of allylic oxidation sites excluding steroid dienone is 2. The van der Waals surface area contributed by atoms with Crippen LogP contribution in [0.5, 0.6) is 0 Å². The highest BCUT2D eigenvalue weighted by Gasteiger charge is 2.22. The third-order valence-corrected chi connectivity index (χ3v) is 12.3. The molecule has 0 rings (SSSR count). The van der Waals surface area contributed by atoms with Crippen LogP contribution in [0.25, 0.3) is 0 Å². The van der Waals surface area contributed by atoms with E-state index in [9.17, 15) is 19.5 Å². The quantitative estimate of drug-likeness (QED) is 0.0195. The molecule has 0 aromatic rings. The van der Waals surface area contributed by atoms with Crippen LogP contribution in [0.15, 0.2) is 12.2 Å². The standard InChI is InChI=1S/C55H105NO8/c1-6-8-10-12-14-16-18-20-21-22-23-24-25-26-27-28-29-30-31-32-33-34-36-37-39-41-43-45-52(57)62-49-51(50-63-55(54(59)60)61-48-47-56(3,4)5)64-53(58)46-44-42-40-38-35-19-17-15-13-11-9-7-2/h15,17,51,55H,6-14,16,18-50H2,1-5H3/b17-15-. The number of unbranched alkanes of at least 4 members (excludes halogenated alkanes) is 34. The minimum Gasteiger partial charge on any atom is -0.545 e. The molecule has 0 amide bonds. The van der Waals surface area contributed by atoms with Crippen molar-refractivity contribution in [2.75, 3.05) is 47.5 Å². The lowest BCUT2D eigenvalue weighted by Gasteiger charge is -2.26. The highest BCUT2D eigenvalue weighted by atomic mass is 16.7. The van der Waals surface area contributed by atoms with Crippen molar-refractivity contribution in [3.8, 4) is 0 Å². The van der Waals surface area contributed by atoms with Gasteiger partial charge < -0.3 is 33.3 Å². The highest BCUT2D eigenvalue weighted by Crippen LogP contribution is 2.17. The van der Waals surface area contributed by atoms with Gasteiger partial charge in [0.05, 0.1) is 40.3 Å². The zero-order chi connectivity index (χ0) is 47.0. The molecular formula is C55H105NO8. The van der Waals surface area contributed by atoms with E-state index in [2.05, 4.69) is 26.0 Å². The van der Waals surface area contributed by atoms with E-state index in [0.717, 1.165) is 51.4 Å². The Morgan fingerprint density at radius 2 is 0.797 bits per heavy atom. The van der Waals surface area contributed by atoms with Gasteiger partial charge in [0.2, 0.25) is 0 Å². The number of ether oxygens (including phenoxy) is 4. The normalized spacial score (nSPS) is 12.8. The van der Waals surface area contributed by atoms with E-state index < -0.39 is 24.3 Å². The van der Waals surface area contributed by atoms with Gasteiger partial charge in [-0.05, 0) is 38.5 Å². The Labute approximate surface area is 395 Å². The van der Waals surface area contributed by atoms with Gasteiger partial charge in [-0.3, -0.25) is 9.59 Å². The lowest BCUT2D eigenvalue weighted by molar-refractivity contribution is -0.870. The Hall–Kier alpha value is -1.97. The average molecular weight is 908 g/mol. The first-order valence-corrected chi connectivity index (χ1v) is 27.3. The van der Waals surface area contributed by atoms with Crippen LogP contribution in [0.4, 0.5) is 0 Å². The van der Waals surface area contributed by atoms with Crippen molar-refractivity contribution in [2.24, 2.45) is 0 Å². The fraction of sp³-hybridized carbons (Fsp3) is 0.909. The summed E-state index contributed by atoms with van der Waals surface area (Å²) in [5.41, 5.74) is 0.